The van der Waals surface area contributed by atoms with Crippen LogP contribution in [0.4, 0.5) is 0 Å². The van der Waals surface area contributed by atoms with E-state index in [1.807, 2.05) is 6.07 Å². The highest BCUT2D eigenvalue weighted by atomic mass is 16.6. The summed E-state index contributed by atoms with van der Waals surface area (Å²) >= 11 is 0. The van der Waals surface area contributed by atoms with E-state index >= 15 is 0 Å². The van der Waals surface area contributed by atoms with Gasteiger partial charge in [0.2, 0.25) is 5.75 Å². The molecule has 0 aliphatic heterocycles. The van der Waals surface area contributed by atoms with E-state index in [2.05, 4.69) is 13.8 Å². The lowest BCUT2D eigenvalue weighted by Gasteiger charge is -2.15. The molecule has 0 aliphatic carbocycles. The zero-order valence-electron chi connectivity index (χ0n) is 10.9. The molecule has 0 saturated carbocycles. The van der Waals surface area contributed by atoms with Crippen LogP contribution in [0.3, 0.4) is 0 Å². The molecule has 1 aromatic carbocycles. The van der Waals surface area contributed by atoms with Crippen molar-refractivity contribution >= 4 is 5.97 Å². The monoisotopic (exact) mass is 238 g/mol. The summed E-state index contributed by atoms with van der Waals surface area (Å²) in [6, 6.07) is 3.68. The van der Waals surface area contributed by atoms with E-state index in [1.165, 1.54) is 14.0 Å². The van der Waals surface area contributed by atoms with Gasteiger partial charge in [0, 0.05) is 6.92 Å². The Morgan fingerprint density at radius 3 is 2.12 bits per heavy atom. The van der Waals surface area contributed by atoms with Crippen LogP contribution in [0.5, 0.6) is 17.2 Å². The lowest BCUT2D eigenvalue weighted by Crippen LogP contribution is -2.05. The Kier molecular flexibility index (Phi) is 4.37. The van der Waals surface area contributed by atoms with Crippen molar-refractivity contribution in [1.82, 2.24) is 0 Å². The van der Waals surface area contributed by atoms with Crippen molar-refractivity contribution in [3.8, 4) is 17.2 Å². The SMILES string of the molecule is COc1cc(C(C)C)cc(OC(C)=O)c1OC. The van der Waals surface area contributed by atoms with Gasteiger partial charge in [-0.3, -0.25) is 4.79 Å². The third-order valence-electron chi connectivity index (χ3n) is 2.39. The van der Waals surface area contributed by atoms with E-state index < -0.39 is 0 Å². The number of rotatable bonds is 4. The van der Waals surface area contributed by atoms with Crippen molar-refractivity contribution in [3.63, 3.8) is 0 Å². The fraction of sp³-hybridized carbons (Fsp3) is 0.462. The Balaban J connectivity index is 3.31. The number of benzene rings is 1. The molecule has 0 spiro atoms. The van der Waals surface area contributed by atoms with Crippen LogP contribution in [-0.4, -0.2) is 20.2 Å². The second kappa shape index (κ2) is 5.57. The number of hydrogen-bond donors (Lipinski definition) is 0. The molecule has 1 rings (SSSR count). The van der Waals surface area contributed by atoms with E-state index in [-0.39, 0.29) is 5.97 Å². The first-order valence-corrected chi connectivity index (χ1v) is 5.44. The Morgan fingerprint density at radius 1 is 1.12 bits per heavy atom. The zero-order chi connectivity index (χ0) is 13.0. The molecule has 0 fully saturated rings. The number of carbonyl (C=O) groups excluding carboxylic acids is 1. The third-order valence-corrected chi connectivity index (χ3v) is 2.39. The summed E-state index contributed by atoms with van der Waals surface area (Å²) in [7, 11) is 3.07. The van der Waals surface area contributed by atoms with Crippen LogP contribution in [0.15, 0.2) is 12.1 Å². The van der Waals surface area contributed by atoms with Gasteiger partial charge in [-0.15, -0.1) is 0 Å². The van der Waals surface area contributed by atoms with Crippen molar-refractivity contribution in [3.05, 3.63) is 17.7 Å². The lowest BCUT2D eigenvalue weighted by molar-refractivity contribution is -0.132. The van der Waals surface area contributed by atoms with Crippen LogP contribution in [-0.2, 0) is 4.79 Å². The topological polar surface area (TPSA) is 44.8 Å². The molecule has 0 saturated heterocycles. The molecule has 4 heteroatoms. The summed E-state index contributed by atoms with van der Waals surface area (Å²) in [4.78, 5) is 11.0. The average Bonchev–Trinajstić information content (AvgIpc) is 2.26. The molecule has 1 aromatic rings. The predicted octanol–water partition coefficient (Wildman–Crippen LogP) is 2.75. The molecule has 0 unspecified atom stereocenters. The van der Waals surface area contributed by atoms with Crippen LogP contribution < -0.4 is 14.2 Å². The van der Waals surface area contributed by atoms with Crippen molar-refractivity contribution in [2.24, 2.45) is 0 Å². The van der Waals surface area contributed by atoms with Gasteiger partial charge in [-0.2, -0.15) is 0 Å². The minimum Gasteiger partial charge on any atom is -0.493 e. The summed E-state index contributed by atoms with van der Waals surface area (Å²) in [5, 5.41) is 0. The van der Waals surface area contributed by atoms with E-state index in [0.717, 1.165) is 5.56 Å². The van der Waals surface area contributed by atoms with Gasteiger partial charge in [-0.25, -0.2) is 0 Å². The van der Waals surface area contributed by atoms with Gasteiger partial charge in [-0.05, 0) is 23.6 Å². The first-order chi connectivity index (χ1) is 7.99. The summed E-state index contributed by atoms with van der Waals surface area (Å²) in [5.41, 5.74) is 1.03. The van der Waals surface area contributed by atoms with Gasteiger partial charge >= 0.3 is 5.97 Å². The summed E-state index contributed by atoms with van der Waals surface area (Å²) in [6.45, 7) is 5.46. The summed E-state index contributed by atoms with van der Waals surface area (Å²) in [6.07, 6.45) is 0. The van der Waals surface area contributed by atoms with Gasteiger partial charge in [0.1, 0.15) is 0 Å². The van der Waals surface area contributed by atoms with Crippen LogP contribution in [0.25, 0.3) is 0 Å². The quantitative estimate of drug-likeness (QED) is 0.597. The summed E-state index contributed by atoms with van der Waals surface area (Å²) in [5.74, 6) is 1.32. The second-order valence-electron chi connectivity index (χ2n) is 4.00. The average molecular weight is 238 g/mol. The first-order valence-electron chi connectivity index (χ1n) is 5.44. The maximum Gasteiger partial charge on any atom is 0.308 e. The van der Waals surface area contributed by atoms with Crippen LogP contribution in [0.2, 0.25) is 0 Å². The fourth-order valence-corrected chi connectivity index (χ4v) is 1.51. The lowest BCUT2D eigenvalue weighted by atomic mass is 10.0. The Labute approximate surface area is 101 Å². The molecule has 0 bridgehead atoms. The molecule has 0 radical (unpaired) electrons. The Bertz CT molecular complexity index is 410. The highest BCUT2D eigenvalue weighted by molar-refractivity contribution is 5.71. The molecule has 0 aliphatic rings. The Morgan fingerprint density at radius 2 is 1.71 bits per heavy atom. The summed E-state index contributed by atoms with van der Waals surface area (Å²) < 4.78 is 15.6. The fourth-order valence-electron chi connectivity index (χ4n) is 1.51. The molecule has 17 heavy (non-hydrogen) atoms. The van der Waals surface area contributed by atoms with Gasteiger partial charge < -0.3 is 14.2 Å². The van der Waals surface area contributed by atoms with Crippen molar-refractivity contribution < 1.29 is 19.0 Å². The van der Waals surface area contributed by atoms with Gasteiger partial charge in [0.25, 0.3) is 0 Å². The molecular formula is C13H18O4. The number of hydrogen-bond acceptors (Lipinski definition) is 4. The van der Waals surface area contributed by atoms with Crippen LogP contribution >= 0.6 is 0 Å². The molecule has 94 valence electrons. The normalized spacial score (nSPS) is 10.2. The molecule has 0 N–H and O–H groups in total. The number of carbonyl (C=O) groups is 1. The van der Waals surface area contributed by atoms with E-state index in [9.17, 15) is 4.79 Å². The van der Waals surface area contributed by atoms with Crippen molar-refractivity contribution in [2.75, 3.05) is 14.2 Å². The minimum absolute atomic E-state index is 0.309. The molecule has 0 aromatic heterocycles. The maximum atomic E-state index is 11.0. The molecule has 0 heterocycles. The standard InChI is InChI=1S/C13H18O4/c1-8(2)10-6-11(15-4)13(16-5)12(7-10)17-9(3)14/h6-8H,1-5H3. The smallest absolute Gasteiger partial charge is 0.308 e. The predicted molar refractivity (Wildman–Crippen MR) is 64.9 cm³/mol. The highest BCUT2D eigenvalue weighted by Gasteiger charge is 2.16. The van der Waals surface area contributed by atoms with E-state index in [4.69, 9.17) is 14.2 Å². The molecule has 0 atom stereocenters. The molecular weight excluding hydrogens is 220 g/mol. The van der Waals surface area contributed by atoms with Gasteiger partial charge in [0.15, 0.2) is 11.5 Å². The zero-order valence-corrected chi connectivity index (χ0v) is 10.9. The minimum atomic E-state index is -0.383. The van der Waals surface area contributed by atoms with Crippen molar-refractivity contribution in [2.45, 2.75) is 26.7 Å². The first kappa shape index (κ1) is 13.4. The highest BCUT2D eigenvalue weighted by Crippen LogP contribution is 2.40. The van der Waals surface area contributed by atoms with Gasteiger partial charge in [-0.1, -0.05) is 13.8 Å². The van der Waals surface area contributed by atoms with Crippen LogP contribution in [0, 0.1) is 0 Å². The van der Waals surface area contributed by atoms with Crippen LogP contribution in [0.1, 0.15) is 32.3 Å². The second-order valence-corrected chi connectivity index (χ2v) is 4.00. The molecule has 4 nitrogen and oxygen atoms in total. The number of methoxy groups -OCH3 is 2. The van der Waals surface area contributed by atoms with Gasteiger partial charge in [0.05, 0.1) is 14.2 Å². The van der Waals surface area contributed by atoms with E-state index in [1.54, 1.807) is 13.2 Å². The van der Waals surface area contributed by atoms with Crippen molar-refractivity contribution in [1.29, 1.82) is 0 Å². The van der Waals surface area contributed by atoms with E-state index in [0.29, 0.717) is 23.2 Å². The molecule has 0 amide bonds. The largest absolute Gasteiger partial charge is 0.493 e. The number of esters is 1. The Hall–Kier alpha value is -1.71. The number of ether oxygens (including phenoxy) is 3. The third kappa shape index (κ3) is 3.12. The maximum absolute atomic E-state index is 11.0.